The van der Waals surface area contributed by atoms with Gasteiger partial charge < -0.3 is 10.0 Å². The number of nitrogens with zero attached hydrogens (tertiary/aromatic N) is 6. The Morgan fingerprint density at radius 3 is 2.67 bits per heavy atom. The highest BCUT2D eigenvalue weighted by Crippen LogP contribution is 2.29. The lowest BCUT2D eigenvalue weighted by molar-refractivity contribution is 0.198. The predicted octanol–water partition coefficient (Wildman–Crippen LogP) is 2.79. The van der Waals surface area contributed by atoms with Crippen LogP contribution in [0.25, 0.3) is 11.2 Å². The predicted molar refractivity (Wildman–Crippen MR) is 105 cm³/mol. The lowest BCUT2D eigenvalue weighted by Crippen LogP contribution is -2.25. The molecule has 1 saturated heterocycles. The first-order chi connectivity index (χ1) is 12.8. The van der Waals surface area contributed by atoms with E-state index in [2.05, 4.69) is 36.0 Å². The molecule has 0 saturated carbocycles. The zero-order chi connectivity index (χ0) is 19.2. The number of halogens is 1. The molecule has 142 valence electrons. The topological polar surface area (TPSA) is 80.0 Å². The number of hydrogen-bond acceptors (Lipinski definition) is 6. The number of fused-ring (bicyclic) bond motifs is 1. The van der Waals surface area contributed by atoms with Gasteiger partial charge in [0.1, 0.15) is 5.82 Å². The van der Waals surface area contributed by atoms with Crippen molar-refractivity contribution in [3.05, 3.63) is 40.7 Å². The second kappa shape index (κ2) is 6.73. The molecule has 27 heavy (non-hydrogen) atoms. The van der Waals surface area contributed by atoms with E-state index in [9.17, 15) is 5.11 Å². The second-order valence-corrected chi connectivity index (χ2v) is 8.43. The molecule has 1 N–H and O–H groups in total. The molecule has 0 radical (unpaired) electrons. The van der Waals surface area contributed by atoms with Gasteiger partial charge in [-0.05, 0) is 18.1 Å². The molecule has 1 fully saturated rings. The summed E-state index contributed by atoms with van der Waals surface area (Å²) in [7, 11) is 0. The van der Waals surface area contributed by atoms with Crippen LogP contribution in [-0.4, -0.2) is 49.3 Å². The molecule has 1 aliphatic heterocycles. The molecular formula is C19H23ClN6O. The number of aromatic nitrogens is 5. The molecule has 0 spiro atoms. The van der Waals surface area contributed by atoms with Crippen LogP contribution in [0.3, 0.4) is 0 Å². The molecule has 1 aromatic carbocycles. The molecule has 1 unspecified atom stereocenters. The summed E-state index contributed by atoms with van der Waals surface area (Å²) in [4.78, 5) is 11.6. The van der Waals surface area contributed by atoms with Crippen LogP contribution < -0.4 is 4.90 Å². The summed E-state index contributed by atoms with van der Waals surface area (Å²) < 4.78 is 1.77. The average Bonchev–Trinajstić information content (AvgIpc) is 3.22. The van der Waals surface area contributed by atoms with E-state index in [0.717, 1.165) is 30.2 Å². The molecule has 7 nitrogen and oxygen atoms in total. The van der Waals surface area contributed by atoms with Gasteiger partial charge in [-0.15, -0.1) is 5.10 Å². The Morgan fingerprint density at radius 2 is 2.00 bits per heavy atom. The van der Waals surface area contributed by atoms with Gasteiger partial charge >= 0.3 is 0 Å². The number of benzene rings is 1. The van der Waals surface area contributed by atoms with Gasteiger partial charge in [0.25, 0.3) is 0 Å². The monoisotopic (exact) mass is 386 g/mol. The Bertz CT molecular complexity index is 980. The van der Waals surface area contributed by atoms with Crippen molar-refractivity contribution in [2.45, 2.75) is 45.3 Å². The largest absolute Gasteiger partial charge is 0.391 e. The van der Waals surface area contributed by atoms with E-state index in [-0.39, 0.29) is 11.5 Å². The number of β-amino-alcohol motifs (C(OH)–C–C–N with tert-alkyl or cyclic N) is 1. The molecule has 1 atom stereocenters. The van der Waals surface area contributed by atoms with Gasteiger partial charge in [0.05, 0.1) is 12.6 Å². The van der Waals surface area contributed by atoms with E-state index in [1.807, 2.05) is 24.3 Å². The first-order valence-corrected chi connectivity index (χ1v) is 9.49. The second-order valence-electron chi connectivity index (χ2n) is 8.02. The summed E-state index contributed by atoms with van der Waals surface area (Å²) in [6.07, 6.45) is 0.385. The normalized spacial score (nSPS) is 17.8. The summed E-state index contributed by atoms with van der Waals surface area (Å²) in [5, 5.41) is 19.3. The maximum atomic E-state index is 9.95. The van der Waals surface area contributed by atoms with Gasteiger partial charge in [-0.25, -0.2) is 14.6 Å². The van der Waals surface area contributed by atoms with Gasteiger partial charge in [0.15, 0.2) is 17.0 Å². The van der Waals surface area contributed by atoms with Crippen molar-refractivity contribution in [2.75, 3.05) is 18.0 Å². The minimum absolute atomic E-state index is 0.221. The van der Waals surface area contributed by atoms with E-state index >= 15 is 0 Å². The van der Waals surface area contributed by atoms with Crippen molar-refractivity contribution >= 4 is 28.6 Å². The molecular weight excluding hydrogens is 364 g/mol. The SMILES string of the molecule is CC(C)(C)c1nc(N2CCC(O)C2)c2nnn(Cc3ccccc3Cl)c2n1. The molecule has 0 bridgehead atoms. The van der Waals surface area contributed by atoms with Crippen LogP contribution in [0.5, 0.6) is 0 Å². The molecule has 8 heteroatoms. The molecule has 0 amide bonds. The highest BCUT2D eigenvalue weighted by molar-refractivity contribution is 6.31. The zero-order valence-electron chi connectivity index (χ0n) is 15.7. The summed E-state index contributed by atoms with van der Waals surface area (Å²) >= 11 is 6.32. The smallest absolute Gasteiger partial charge is 0.184 e. The van der Waals surface area contributed by atoms with E-state index in [1.54, 1.807) is 4.68 Å². The first-order valence-electron chi connectivity index (χ1n) is 9.11. The lowest BCUT2D eigenvalue weighted by Gasteiger charge is -2.22. The van der Waals surface area contributed by atoms with Crippen molar-refractivity contribution < 1.29 is 5.11 Å². The highest BCUT2D eigenvalue weighted by atomic mass is 35.5. The number of rotatable bonds is 3. The Kier molecular flexibility index (Phi) is 4.52. The number of anilines is 1. The number of aliphatic hydroxyl groups excluding tert-OH is 1. The molecule has 3 heterocycles. The Labute approximate surface area is 163 Å². The van der Waals surface area contributed by atoms with Crippen LogP contribution in [0.2, 0.25) is 5.02 Å². The van der Waals surface area contributed by atoms with Crippen molar-refractivity contribution in [2.24, 2.45) is 0 Å². The summed E-state index contributed by atoms with van der Waals surface area (Å²) in [6.45, 7) is 8.02. The first kappa shape index (κ1) is 18.1. The molecule has 0 aliphatic carbocycles. The maximum absolute atomic E-state index is 9.95. The van der Waals surface area contributed by atoms with Crippen LogP contribution >= 0.6 is 11.6 Å². The third-order valence-electron chi connectivity index (χ3n) is 4.76. The fraction of sp³-hybridized carbons (Fsp3) is 0.474. The summed E-state index contributed by atoms with van der Waals surface area (Å²) in [5.41, 5.74) is 2.08. The minimum Gasteiger partial charge on any atom is -0.391 e. The van der Waals surface area contributed by atoms with Crippen LogP contribution in [0.4, 0.5) is 5.82 Å². The molecule has 4 rings (SSSR count). The van der Waals surface area contributed by atoms with E-state index in [0.29, 0.717) is 29.3 Å². The minimum atomic E-state index is -0.341. The third kappa shape index (κ3) is 3.49. The maximum Gasteiger partial charge on any atom is 0.184 e. The van der Waals surface area contributed by atoms with Gasteiger partial charge in [0.2, 0.25) is 0 Å². The van der Waals surface area contributed by atoms with Gasteiger partial charge in [-0.2, -0.15) is 0 Å². The van der Waals surface area contributed by atoms with E-state index < -0.39 is 0 Å². The highest BCUT2D eigenvalue weighted by Gasteiger charge is 2.28. The van der Waals surface area contributed by atoms with Crippen molar-refractivity contribution in [1.82, 2.24) is 25.0 Å². The molecule has 1 aliphatic rings. The van der Waals surface area contributed by atoms with Gasteiger partial charge in [-0.1, -0.05) is 55.8 Å². The Hall–Kier alpha value is -2.25. The van der Waals surface area contributed by atoms with E-state index in [1.165, 1.54) is 0 Å². The fourth-order valence-electron chi connectivity index (χ4n) is 3.23. The fourth-order valence-corrected chi connectivity index (χ4v) is 3.42. The summed E-state index contributed by atoms with van der Waals surface area (Å²) in [5.74, 6) is 1.47. The van der Waals surface area contributed by atoms with Crippen LogP contribution in [-0.2, 0) is 12.0 Å². The third-order valence-corrected chi connectivity index (χ3v) is 5.12. The Morgan fingerprint density at radius 1 is 1.22 bits per heavy atom. The number of hydrogen-bond donors (Lipinski definition) is 1. The van der Waals surface area contributed by atoms with Crippen LogP contribution in [0.15, 0.2) is 24.3 Å². The zero-order valence-corrected chi connectivity index (χ0v) is 16.5. The van der Waals surface area contributed by atoms with E-state index in [4.69, 9.17) is 21.6 Å². The Balaban J connectivity index is 1.84. The molecule has 3 aromatic rings. The lowest BCUT2D eigenvalue weighted by atomic mass is 9.96. The average molecular weight is 387 g/mol. The quantitative estimate of drug-likeness (QED) is 0.745. The standard InChI is InChI=1S/C19H23ClN6O/c1-19(2,3)18-21-16(25-9-8-13(27)11-25)15-17(22-18)26(24-23-15)10-12-6-4-5-7-14(12)20/h4-7,13,27H,8-11H2,1-3H3. The van der Waals surface area contributed by atoms with Crippen LogP contribution in [0.1, 0.15) is 38.6 Å². The van der Waals surface area contributed by atoms with Gasteiger partial charge in [-0.3, -0.25) is 0 Å². The van der Waals surface area contributed by atoms with Crippen molar-refractivity contribution in [3.63, 3.8) is 0 Å². The van der Waals surface area contributed by atoms with Crippen molar-refractivity contribution in [1.29, 1.82) is 0 Å². The summed E-state index contributed by atoms with van der Waals surface area (Å²) in [6, 6.07) is 7.69. The van der Waals surface area contributed by atoms with Crippen molar-refractivity contribution in [3.8, 4) is 0 Å². The number of aliphatic hydroxyl groups is 1. The van der Waals surface area contributed by atoms with Crippen LogP contribution in [0, 0.1) is 0 Å². The molecule has 2 aromatic heterocycles. The van der Waals surface area contributed by atoms with Gasteiger partial charge in [0, 0.05) is 23.5 Å².